The highest BCUT2D eigenvalue weighted by molar-refractivity contribution is 6.36. The second kappa shape index (κ2) is 6.22. The molecule has 0 saturated carbocycles. The van der Waals surface area contributed by atoms with E-state index in [-0.39, 0.29) is 12.6 Å². The third-order valence-electron chi connectivity index (χ3n) is 2.77. The molecule has 0 bridgehead atoms. The van der Waals surface area contributed by atoms with E-state index < -0.39 is 0 Å². The molecule has 0 amide bonds. The SMILES string of the molecule is CC(=O)OCc1nc2ccccc2c(Cl)c1CCCl. The zero-order valence-corrected chi connectivity index (χ0v) is 12.0. The molecule has 0 N–H and O–H groups in total. The Hall–Kier alpha value is -1.32. The van der Waals surface area contributed by atoms with E-state index in [1.807, 2.05) is 24.3 Å². The lowest BCUT2D eigenvalue weighted by Gasteiger charge is -2.12. The molecule has 1 aromatic heterocycles. The second-order valence-electron chi connectivity index (χ2n) is 4.09. The fraction of sp³-hybridized carbons (Fsp3) is 0.286. The number of rotatable bonds is 4. The van der Waals surface area contributed by atoms with Gasteiger partial charge in [-0.3, -0.25) is 4.79 Å². The van der Waals surface area contributed by atoms with Gasteiger partial charge in [0.05, 0.1) is 16.2 Å². The van der Waals surface area contributed by atoms with Gasteiger partial charge in [-0.15, -0.1) is 11.6 Å². The van der Waals surface area contributed by atoms with E-state index in [1.165, 1.54) is 6.92 Å². The van der Waals surface area contributed by atoms with Crippen molar-refractivity contribution in [1.29, 1.82) is 0 Å². The summed E-state index contributed by atoms with van der Waals surface area (Å²) in [5, 5.41) is 1.52. The Balaban J connectivity index is 2.52. The zero-order chi connectivity index (χ0) is 13.8. The van der Waals surface area contributed by atoms with Gasteiger partial charge in [0.15, 0.2) is 0 Å². The van der Waals surface area contributed by atoms with Crippen molar-refractivity contribution < 1.29 is 9.53 Å². The average Bonchev–Trinajstić information content (AvgIpc) is 2.40. The molecule has 100 valence electrons. The number of halogens is 2. The molecule has 0 unspecified atom stereocenters. The molecule has 1 aromatic carbocycles. The number of benzene rings is 1. The van der Waals surface area contributed by atoms with E-state index in [1.54, 1.807) is 0 Å². The number of alkyl halides is 1. The second-order valence-corrected chi connectivity index (χ2v) is 4.84. The monoisotopic (exact) mass is 297 g/mol. The maximum atomic E-state index is 10.9. The summed E-state index contributed by atoms with van der Waals surface area (Å²) in [6.07, 6.45) is 0.592. The summed E-state index contributed by atoms with van der Waals surface area (Å²) < 4.78 is 5.02. The van der Waals surface area contributed by atoms with Gasteiger partial charge in [0.1, 0.15) is 6.61 Å². The minimum absolute atomic E-state index is 0.117. The lowest BCUT2D eigenvalue weighted by Crippen LogP contribution is -2.06. The first-order valence-corrected chi connectivity index (χ1v) is 6.80. The average molecular weight is 298 g/mol. The minimum atomic E-state index is -0.345. The van der Waals surface area contributed by atoms with Gasteiger partial charge in [0, 0.05) is 18.2 Å². The lowest BCUT2D eigenvalue weighted by atomic mass is 10.1. The van der Waals surface area contributed by atoms with Gasteiger partial charge in [-0.25, -0.2) is 4.98 Å². The topological polar surface area (TPSA) is 39.2 Å². The molecular formula is C14H13Cl2NO2. The van der Waals surface area contributed by atoms with E-state index in [4.69, 9.17) is 27.9 Å². The fourth-order valence-corrected chi connectivity index (χ4v) is 2.45. The number of aromatic nitrogens is 1. The van der Waals surface area contributed by atoms with E-state index in [0.29, 0.717) is 23.0 Å². The number of hydrogen-bond donors (Lipinski definition) is 0. The number of pyridine rings is 1. The van der Waals surface area contributed by atoms with Gasteiger partial charge < -0.3 is 4.74 Å². The number of carbonyl (C=O) groups excluding carboxylic acids is 1. The zero-order valence-electron chi connectivity index (χ0n) is 10.5. The molecule has 1 heterocycles. The number of para-hydroxylation sites is 1. The summed E-state index contributed by atoms with van der Waals surface area (Å²) in [5.41, 5.74) is 2.30. The highest BCUT2D eigenvalue weighted by Gasteiger charge is 2.14. The van der Waals surface area contributed by atoms with E-state index in [9.17, 15) is 4.79 Å². The van der Waals surface area contributed by atoms with Crippen molar-refractivity contribution in [2.45, 2.75) is 20.0 Å². The first kappa shape index (κ1) is 14.1. The number of esters is 1. The largest absolute Gasteiger partial charge is 0.459 e. The summed E-state index contributed by atoms with van der Waals surface area (Å²) in [6.45, 7) is 1.48. The van der Waals surface area contributed by atoms with E-state index in [0.717, 1.165) is 16.5 Å². The number of nitrogens with zero attached hydrogens (tertiary/aromatic N) is 1. The summed E-state index contributed by atoms with van der Waals surface area (Å²) in [6, 6.07) is 7.59. The van der Waals surface area contributed by atoms with Crippen LogP contribution in [-0.4, -0.2) is 16.8 Å². The summed E-state index contributed by atoms with van der Waals surface area (Å²) >= 11 is 12.2. The normalized spacial score (nSPS) is 10.7. The van der Waals surface area contributed by atoms with Gasteiger partial charge in [-0.2, -0.15) is 0 Å². The van der Waals surface area contributed by atoms with Crippen molar-refractivity contribution in [2.75, 3.05) is 5.88 Å². The number of hydrogen-bond acceptors (Lipinski definition) is 3. The van der Waals surface area contributed by atoms with E-state index in [2.05, 4.69) is 4.98 Å². The van der Waals surface area contributed by atoms with Crippen molar-refractivity contribution in [2.24, 2.45) is 0 Å². The van der Waals surface area contributed by atoms with Crippen LogP contribution in [0.15, 0.2) is 24.3 Å². The molecular weight excluding hydrogens is 285 g/mol. The lowest BCUT2D eigenvalue weighted by molar-refractivity contribution is -0.142. The first-order chi connectivity index (χ1) is 9.13. The van der Waals surface area contributed by atoms with Crippen LogP contribution in [-0.2, 0) is 22.6 Å². The standard InChI is InChI=1S/C14H13Cl2NO2/c1-9(18)19-8-13-11(6-7-15)14(16)10-4-2-3-5-12(10)17-13/h2-5H,6-8H2,1H3. The molecule has 0 spiro atoms. The predicted octanol–water partition coefficient (Wildman–Crippen LogP) is 3.73. The van der Waals surface area contributed by atoms with Crippen LogP contribution in [0, 0.1) is 0 Å². The number of carbonyl (C=O) groups is 1. The quantitative estimate of drug-likeness (QED) is 0.637. The van der Waals surface area contributed by atoms with Crippen molar-refractivity contribution in [3.8, 4) is 0 Å². The molecule has 0 saturated heterocycles. The maximum Gasteiger partial charge on any atom is 0.303 e. The Labute approximate surface area is 121 Å². The minimum Gasteiger partial charge on any atom is -0.459 e. The van der Waals surface area contributed by atoms with Gasteiger partial charge in [-0.1, -0.05) is 29.8 Å². The van der Waals surface area contributed by atoms with Crippen LogP contribution in [0.25, 0.3) is 10.9 Å². The summed E-state index contributed by atoms with van der Waals surface area (Å²) in [7, 11) is 0. The third kappa shape index (κ3) is 3.17. The molecule has 5 heteroatoms. The van der Waals surface area contributed by atoms with Crippen LogP contribution in [0.3, 0.4) is 0 Å². The van der Waals surface area contributed by atoms with Gasteiger partial charge >= 0.3 is 5.97 Å². The first-order valence-electron chi connectivity index (χ1n) is 5.88. The van der Waals surface area contributed by atoms with Crippen LogP contribution in [0.1, 0.15) is 18.2 Å². The van der Waals surface area contributed by atoms with Crippen LogP contribution >= 0.6 is 23.2 Å². The Kier molecular flexibility index (Phi) is 4.61. The molecule has 0 aliphatic carbocycles. The number of fused-ring (bicyclic) bond motifs is 1. The molecule has 2 rings (SSSR count). The molecule has 2 aromatic rings. The van der Waals surface area contributed by atoms with Crippen molar-refractivity contribution in [1.82, 2.24) is 4.98 Å². The Morgan fingerprint density at radius 2 is 2.11 bits per heavy atom. The van der Waals surface area contributed by atoms with Gasteiger partial charge in [-0.05, 0) is 18.1 Å². The summed E-state index contributed by atoms with van der Waals surface area (Å²) in [4.78, 5) is 15.4. The van der Waals surface area contributed by atoms with Crippen molar-refractivity contribution in [3.05, 3.63) is 40.5 Å². The molecule has 19 heavy (non-hydrogen) atoms. The van der Waals surface area contributed by atoms with Crippen LogP contribution < -0.4 is 0 Å². The molecule has 0 aliphatic heterocycles. The highest BCUT2D eigenvalue weighted by atomic mass is 35.5. The Morgan fingerprint density at radius 1 is 1.37 bits per heavy atom. The smallest absolute Gasteiger partial charge is 0.303 e. The molecule has 0 aliphatic rings. The summed E-state index contributed by atoms with van der Waals surface area (Å²) in [5.74, 6) is 0.0928. The van der Waals surface area contributed by atoms with E-state index >= 15 is 0 Å². The van der Waals surface area contributed by atoms with Crippen LogP contribution in [0.2, 0.25) is 5.02 Å². The Morgan fingerprint density at radius 3 is 2.79 bits per heavy atom. The molecule has 3 nitrogen and oxygen atoms in total. The fourth-order valence-electron chi connectivity index (χ4n) is 1.90. The van der Waals surface area contributed by atoms with Gasteiger partial charge in [0.25, 0.3) is 0 Å². The third-order valence-corrected chi connectivity index (χ3v) is 3.39. The molecule has 0 radical (unpaired) electrons. The maximum absolute atomic E-state index is 10.9. The van der Waals surface area contributed by atoms with Crippen molar-refractivity contribution >= 4 is 40.1 Å². The predicted molar refractivity (Wildman–Crippen MR) is 76.6 cm³/mol. The molecule has 0 atom stereocenters. The number of ether oxygens (including phenoxy) is 1. The van der Waals surface area contributed by atoms with Crippen molar-refractivity contribution in [3.63, 3.8) is 0 Å². The van der Waals surface area contributed by atoms with Crippen LogP contribution in [0.4, 0.5) is 0 Å². The Bertz CT molecular complexity index is 614. The van der Waals surface area contributed by atoms with Gasteiger partial charge in [0.2, 0.25) is 0 Å². The highest BCUT2D eigenvalue weighted by Crippen LogP contribution is 2.29. The van der Waals surface area contributed by atoms with Crippen LogP contribution in [0.5, 0.6) is 0 Å². The molecule has 0 fully saturated rings.